The number of hydrogen-bond donors (Lipinski definition) is 1. The van der Waals surface area contributed by atoms with Crippen molar-refractivity contribution >= 4 is 5.91 Å². The van der Waals surface area contributed by atoms with Crippen molar-refractivity contribution < 1.29 is 9.53 Å². The number of nitrogens with one attached hydrogen (secondary N) is 1. The van der Waals surface area contributed by atoms with Gasteiger partial charge in [-0.2, -0.15) is 0 Å². The zero-order chi connectivity index (χ0) is 15.8. The third-order valence-electron chi connectivity index (χ3n) is 4.48. The van der Waals surface area contributed by atoms with Crippen molar-refractivity contribution in [2.45, 2.75) is 44.6 Å². The number of nitrogens with zero attached hydrogens (tertiary/aromatic N) is 1. The van der Waals surface area contributed by atoms with Gasteiger partial charge in [0.15, 0.2) is 0 Å². The van der Waals surface area contributed by atoms with Crippen LogP contribution < -0.4 is 10.1 Å². The maximum Gasteiger partial charge on any atom is 0.221 e. The van der Waals surface area contributed by atoms with Crippen molar-refractivity contribution in [3.8, 4) is 5.75 Å². The van der Waals surface area contributed by atoms with Gasteiger partial charge in [-0.05, 0) is 50.9 Å². The van der Waals surface area contributed by atoms with E-state index < -0.39 is 0 Å². The molecule has 1 N–H and O–H groups in total. The lowest BCUT2D eigenvalue weighted by Gasteiger charge is -2.31. The number of para-hydroxylation sites is 1. The van der Waals surface area contributed by atoms with E-state index in [1.165, 1.54) is 18.4 Å². The topological polar surface area (TPSA) is 41.6 Å². The fraction of sp³-hybridized carbons (Fsp3) is 0.611. The van der Waals surface area contributed by atoms with Gasteiger partial charge in [0.05, 0.1) is 7.11 Å². The van der Waals surface area contributed by atoms with E-state index in [-0.39, 0.29) is 5.91 Å². The molecule has 4 nitrogen and oxygen atoms in total. The molecule has 22 heavy (non-hydrogen) atoms. The Morgan fingerprint density at radius 2 is 2.18 bits per heavy atom. The molecule has 0 aliphatic carbocycles. The maximum atomic E-state index is 12.0. The first-order valence-electron chi connectivity index (χ1n) is 8.29. The largest absolute Gasteiger partial charge is 0.496 e. The van der Waals surface area contributed by atoms with E-state index >= 15 is 0 Å². The van der Waals surface area contributed by atoms with Gasteiger partial charge in [-0.15, -0.1) is 0 Å². The molecule has 1 amide bonds. The summed E-state index contributed by atoms with van der Waals surface area (Å²) >= 11 is 0. The Bertz CT molecular complexity index is 476. The summed E-state index contributed by atoms with van der Waals surface area (Å²) < 4.78 is 5.34. The summed E-state index contributed by atoms with van der Waals surface area (Å²) in [4.78, 5) is 14.3. The molecular weight excluding hydrogens is 276 g/mol. The van der Waals surface area contributed by atoms with Crippen LogP contribution in [0.3, 0.4) is 0 Å². The number of methoxy groups -OCH3 is 1. The van der Waals surface area contributed by atoms with Crippen LogP contribution in [0.5, 0.6) is 5.75 Å². The van der Waals surface area contributed by atoms with E-state index in [9.17, 15) is 4.79 Å². The fourth-order valence-electron chi connectivity index (χ4n) is 3.10. The number of likely N-dealkylation sites (tertiary alicyclic amines) is 1. The molecule has 4 heteroatoms. The molecule has 122 valence electrons. The van der Waals surface area contributed by atoms with Gasteiger partial charge in [-0.25, -0.2) is 0 Å². The number of piperidine rings is 1. The number of carbonyl (C=O) groups excluding carboxylic acids is 1. The summed E-state index contributed by atoms with van der Waals surface area (Å²) in [6, 6.07) is 8.48. The van der Waals surface area contributed by atoms with Crippen LogP contribution in [0, 0.1) is 0 Å². The molecule has 1 heterocycles. The van der Waals surface area contributed by atoms with Gasteiger partial charge in [0, 0.05) is 19.0 Å². The maximum absolute atomic E-state index is 12.0. The van der Waals surface area contributed by atoms with Gasteiger partial charge >= 0.3 is 0 Å². The minimum atomic E-state index is 0.179. The number of carbonyl (C=O) groups is 1. The highest BCUT2D eigenvalue weighted by molar-refractivity contribution is 5.76. The lowest BCUT2D eigenvalue weighted by atomic mass is 10.00. The lowest BCUT2D eigenvalue weighted by Crippen LogP contribution is -2.40. The van der Waals surface area contributed by atoms with Gasteiger partial charge in [-0.1, -0.05) is 24.6 Å². The van der Waals surface area contributed by atoms with E-state index in [0.717, 1.165) is 38.1 Å². The van der Waals surface area contributed by atoms with Crippen molar-refractivity contribution in [2.24, 2.45) is 0 Å². The number of benzene rings is 1. The third kappa shape index (κ3) is 5.02. The number of ether oxygens (including phenoxy) is 1. The van der Waals surface area contributed by atoms with Gasteiger partial charge < -0.3 is 15.0 Å². The second-order valence-electron chi connectivity index (χ2n) is 6.10. The standard InChI is InChI=1S/C18H28N2O2/c1-20-13-6-5-10-16(20)14-18(21)19-12-7-9-15-8-3-4-11-17(15)22-2/h3-4,8,11,16H,5-7,9-10,12-14H2,1-2H3,(H,19,21)/t16-/m0/s1. The molecule has 0 radical (unpaired) electrons. The van der Waals surface area contributed by atoms with Crippen LogP contribution in [-0.2, 0) is 11.2 Å². The minimum Gasteiger partial charge on any atom is -0.496 e. The highest BCUT2D eigenvalue weighted by Crippen LogP contribution is 2.19. The molecule has 0 unspecified atom stereocenters. The second kappa shape index (κ2) is 8.79. The molecule has 1 fully saturated rings. The summed E-state index contributed by atoms with van der Waals surface area (Å²) in [5, 5.41) is 3.05. The molecule has 1 aliphatic heterocycles. The first kappa shape index (κ1) is 16.8. The highest BCUT2D eigenvalue weighted by atomic mass is 16.5. The zero-order valence-electron chi connectivity index (χ0n) is 13.8. The highest BCUT2D eigenvalue weighted by Gasteiger charge is 2.21. The SMILES string of the molecule is COc1ccccc1CCCNC(=O)C[C@@H]1CCCCN1C. The average molecular weight is 304 g/mol. The fourth-order valence-corrected chi connectivity index (χ4v) is 3.10. The number of amides is 1. The van der Waals surface area contributed by atoms with Crippen LogP contribution in [0.2, 0.25) is 0 Å². The Kier molecular flexibility index (Phi) is 6.72. The third-order valence-corrected chi connectivity index (χ3v) is 4.48. The van der Waals surface area contributed by atoms with Crippen LogP contribution >= 0.6 is 0 Å². The molecule has 1 saturated heterocycles. The smallest absolute Gasteiger partial charge is 0.221 e. The van der Waals surface area contributed by atoms with Gasteiger partial charge in [0.25, 0.3) is 0 Å². The van der Waals surface area contributed by atoms with Crippen molar-refractivity contribution in [3.63, 3.8) is 0 Å². The number of aryl methyl sites for hydroxylation is 1. The number of hydrogen-bond acceptors (Lipinski definition) is 3. The Morgan fingerprint density at radius 1 is 1.36 bits per heavy atom. The molecule has 0 bridgehead atoms. The number of rotatable bonds is 7. The molecule has 0 spiro atoms. The van der Waals surface area contributed by atoms with Crippen LogP contribution in [0.15, 0.2) is 24.3 Å². The Balaban J connectivity index is 1.66. The molecule has 2 rings (SSSR count). The summed E-state index contributed by atoms with van der Waals surface area (Å²) in [6.45, 7) is 1.85. The molecule has 1 aliphatic rings. The Labute approximate surface area is 133 Å². The normalized spacial score (nSPS) is 18.9. The van der Waals surface area contributed by atoms with Crippen molar-refractivity contribution in [1.82, 2.24) is 10.2 Å². The molecule has 1 aromatic carbocycles. The Morgan fingerprint density at radius 3 is 2.95 bits per heavy atom. The lowest BCUT2D eigenvalue weighted by molar-refractivity contribution is -0.122. The van der Waals surface area contributed by atoms with E-state index in [0.29, 0.717) is 12.5 Å². The van der Waals surface area contributed by atoms with Crippen LogP contribution in [-0.4, -0.2) is 44.1 Å². The van der Waals surface area contributed by atoms with E-state index in [4.69, 9.17) is 4.74 Å². The quantitative estimate of drug-likeness (QED) is 0.787. The van der Waals surface area contributed by atoms with Gasteiger partial charge in [0.1, 0.15) is 5.75 Å². The summed E-state index contributed by atoms with van der Waals surface area (Å²) in [7, 11) is 3.82. The van der Waals surface area contributed by atoms with Crippen LogP contribution in [0.25, 0.3) is 0 Å². The van der Waals surface area contributed by atoms with Crippen molar-refractivity contribution in [1.29, 1.82) is 0 Å². The average Bonchev–Trinajstić information content (AvgIpc) is 2.54. The minimum absolute atomic E-state index is 0.179. The summed E-state index contributed by atoms with van der Waals surface area (Å²) in [5.74, 6) is 1.11. The Hall–Kier alpha value is -1.55. The van der Waals surface area contributed by atoms with Gasteiger partial charge in [-0.3, -0.25) is 4.79 Å². The van der Waals surface area contributed by atoms with Crippen molar-refractivity contribution in [2.75, 3.05) is 27.2 Å². The van der Waals surface area contributed by atoms with Crippen LogP contribution in [0.1, 0.15) is 37.7 Å². The van der Waals surface area contributed by atoms with E-state index in [1.807, 2.05) is 18.2 Å². The van der Waals surface area contributed by atoms with Crippen molar-refractivity contribution in [3.05, 3.63) is 29.8 Å². The molecule has 0 saturated carbocycles. The molecule has 0 aromatic heterocycles. The summed E-state index contributed by atoms with van der Waals surface area (Å²) in [6.07, 6.45) is 6.14. The second-order valence-corrected chi connectivity index (χ2v) is 6.10. The van der Waals surface area contributed by atoms with E-state index in [2.05, 4.69) is 23.3 Å². The predicted molar refractivity (Wildman–Crippen MR) is 89.2 cm³/mol. The molecular formula is C18H28N2O2. The zero-order valence-corrected chi connectivity index (χ0v) is 13.8. The molecule has 1 aromatic rings. The predicted octanol–water partition coefficient (Wildman–Crippen LogP) is 2.62. The monoisotopic (exact) mass is 304 g/mol. The first-order valence-corrected chi connectivity index (χ1v) is 8.29. The molecule has 1 atom stereocenters. The van der Waals surface area contributed by atoms with Crippen LogP contribution in [0.4, 0.5) is 0 Å². The first-order chi connectivity index (χ1) is 10.7. The van der Waals surface area contributed by atoms with E-state index in [1.54, 1.807) is 7.11 Å². The van der Waals surface area contributed by atoms with Gasteiger partial charge in [0.2, 0.25) is 5.91 Å². The summed E-state index contributed by atoms with van der Waals surface area (Å²) in [5.41, 5.74) is 1.20.